The highest BCUT2D eigenvalue weighted by atomic mass is 19.4. The third-order valence-electron chi connectivity index (χ3n) is 4.36. The number of pyridine rings is 1. The summed E-state index contributed by atoms with van der Waals surface area (Å²) in [7, 11) is 0. The zero-order chi connectivity index (χ0) is 19.2. The van der Waals surface area contributed by atoms with Crippen LogP contribution in [0.25, 0.3) is 16.9 Å². The number of hydrogen-bond donors (Lipinski definition) is 1. The summed E-state index contributed by atoms with van der Waals surface area (Å²) in [4.78, 5) is 10.3. The van der Waals surface area contributed by atoms with Gasteiger partial charge in [0.25, 0.3) is 0 Å². The molecule has 1 fully saturated rings. The van der Waals surface area contributed by atoms with Crippen LogP contribution in [-0.4, -0.2) is 45.9 Å². The van der Waals surface area contributed by atoms with Crippen LogP contribution < -0.4 is 10.6 Å². The average Bonchev–Trinajstić information content (AvgIpc) is 3.01. The monoisotopic (exact) mass is 378 g/mol. The molecule has 142 valence electrons. The summed E-state index contributed by atoms with van der Waals surface area (Å²) in [5.41, 5.74) is 6.01. The van der Waals surface area contributed by atoms with E-state index >= 15 is 0 Å². The van der Waals surface area contributed by atoms with Crippen LogP contribution in [-0.2, 0) is 10.9 Å². The molecule has 2 N–H and O–H groups in total. The number of hydrogen-bond acceptors (Lipinski definition) is 6. The van der Waals surface area contributed by atoms with Gasteiger partial charge in [-0.3, -0.25) is 0 Å². The second kappa shape index (κ2) is 6.38. The highest BCUT2D eigenvalue weighted by Gasteiger charge is 2.35. The second-order valence-corrected chi connectivity index (χ2v) is 6.36. The molecule has 1 aliphatic rings. The van der Waals surface area contributed by atoms with Gasteiger partial charge in [-0.25, -0.2) is 14.5 Å². The van der Waals surface area contributed by atoms with Crippen molar-refractivity contribution in [1.82, 2.24) is 19.6 Å². The second-order valence-electron chi connectivity index (χ2n) is 6.36. The molecule has 3 aromatic rings. The Kier molecular flexibility index (Phi) is 4.14. The fourth-order valence-corrected chi connectivity index (χ4v) is 3.12. The smallest absolute Gasteiger partial charge is 0.384 e. The first-order chi connectivity index (χ1) is 12.8. The fraction of sp³-hybridized carbons (Fsp3) is 0.353. The van der Waals surface area contributed by atoms with Crippen LogP contribution in [0.5, 0.6) is 0 Å². The molecule has 0 unspecified atom stereocenters. The van der Waals surface area contributed by atoms with E-state index in [1.807, 2.05) is 17.9 Å². The maximum absolute atomic E-state index is 13.5. The van der Waals surface area contributed by atoms with Gasteiger partial charge in [0.15, 0.2) is 11.6 Å². The van der Waals surface area contributed by atoms with Gasteiger partial charge in [0.1, 0.15) is 11.3 Å². The van der Waals surface area contributed by atoms with E-state index in [1.54, 1.807) is 10.7 Å². The van der Waals surface area contributed by atoms with Gasteiger partial charge in [0.05, 0.1) is 24.3 Å². The van der Waals surface area contributed by atoms with Crippen molar-refractivity contribution in [2.75, 3.05) is 36.9 Å². The summed E-state index contributed by atoms with van der Waals surface area (Å²) in [5.74, 6) is 0.304. The minimum absolute atomic E-state index is 0.0561. The van der Waals surface area contributed by atoms with E-state index in [2.05, 4.69) is 15.1 Å². The Balaban J connectivity index is 1.93. The molecule has 3 aromatic heterocycles. The standard InChI is InChI=1S/C17H17F3N6O/c1-10-6-13-16(25-2-4-27-5-3-25)23-15(24-26(13)9-10)11-8-22-14(21)7-12(11)17(18,19)20/h6-9H,2-5H2,1H3,(H2,21,22). The molecule has 27 heavy (non-hydrogen) atoms. The Morgan fingerprint density at radius 3 is 2.63 bits per heavy atom. The van der Waals surface area contributed by atoms with E-state index < -0.39 is 11.7 Å². The number of aromatic nitrogens is 4. The Hall–Kier alpha value is -2.88. The molecule has 1 aliphatic heterocycles. The maximum atomic E-state index is 13.5. The number of morpholine rings is 1. The van der Waals surface area contributed by atoms with E-state index in [0.29, 0.717) is 32.1 Å². The van der Waals surface area contributed by atoms with Crippen molar-refractivity contribution in [3.63, 3.8) is 0 Å². The molecule has 0 aliphatic carbocycles. The van der Waals surface area contributed by atoms with Gasteiger partial charge in [0, 0.05) is 25.5 Å². The lowest BCUT2D eigenvalue weighted by Gasteiger charge is -2.28. The summed E-state index contributed by atoms with van der Waals surface area (Å²) in [6.45, 7) is 4.15. The fourth-order valence-electron chi connectivity index (χ4n) is 3.12. The first-order valence-corrected chi connectivity index (χ1v) is 8.36. The van der Waals surface area contributed by atoms with Gasteiger partial charge in [-0.2, -0.15) is 13.2 Å². The molecular formula is C17H17F3N6O. The van der Waals surface area contributed by atoms with Gasteiger partial charge in [0.2, 0.25) is 0 Å². The van der Waals surface area contributed by atoms with Crippen LogP contribution >= 0.6 is 0 Å². The normalized spacial score (nSPS) is 15.5. The average molecular weight is 378 g/mol. The van der Waals surface area contributed by atoms with Crippen LogP contribution in [0.1, 0.15) is 11.1 Å². The van der Waals surface area contributed by atoms with Gasteiger partial charge >= 0.3 is 6.18 Å². The Bertz CT molecular complexity index is 994. The van der Waals surface area contributed by atoms with Crippen LogP contribution in [0.4, 0.5) is 24.8 Å². The molecule has 0 atom stereocenters. The van der Waals surface area contributed by atoms with Crippen molar-refractivity contribution in [3.05, 3.63) is 35.7 Å². The zero-order valence-electron chi connectivity index (χ0n) is 14.5. The quantitative estimate of drug-likeness (QED) is 0.738. The van der Waals surface area contributed by atoms with E-state index in [0.717, 1.165) is 23.3 Å². The van der Waals surface area contributed by atoms with E-state index in [4.69, 9.17) is 10.5 Å². The molecule has 10 heteroatoms. The number of nitrogen functional groups attached to an aromatic ring is 1. The van der Waals surface area contributed by atoms with Crippen molar-refractivity contribution >= 4 is 17.2 Å². The number of ether oxygens (including phenoxy) is 1. The zero-order valence-corrected chi connectivity index (χ0v) is 14.5. The minimum atomic E-state index is -4.60. The highest BCUT2D eigenvalue weighted by Crippen LogP contribution is 2.37. The molecule has 0 saturated carbocycles. The van der Waals surface area contributed by atoms with Gasteiger partial charge < -0.3 is 15.4 Å². The van der Waals surface area contributed by atoms with Crippen LogP contribution in [0.3, 0.4) is 0 Å². The SMILES string of the molecule is Cc1cc2c(N3CCOCC3)nc(-c3cnc(N)cc3C(F)(F)F)nn2c1. The Morgan fingerprint density at radius 1 is 1.19 bits per heavy atom. The largest absolute Gasteiger partial charge is 0.417 e. The molecule has 0 aromatic carbocycles. The van der Waals surface area contributed by atoms with Crippen LogP contribution in [0.2, 0.25) is 0 Å². The predicted octanol–water partition coefficient (Wildman–Crippen LogP) is 2.54. The van der Waals surface area contributed by atoms with Crippen molar-refractivity contribution in [3.8, 4) is 11.4 Å². The maximum Gasteiger partial charge on any atom is 0.417 e. The van der Waals surface area contributed by atoms with E-state index in [1.165, 1.54) is 0 Å². The number of alkyl halides is 3. The molecule has 0 amide bonds. The molecule has 0 bridgehead atoms. The third-order valence-corrected chi connectivity index (χ3v) is 4.36. The third kappa shape index (κ3) is 3.27. The Morgan fingerprint density at radius 2 is 1.93 bits per heavy atom. The number of nitrogens with two attached hydrogens (primary N) is 1. The van der Waals surface area contributed by atoms with Crippen molar-refractivity contribution < 1.29 is 17.9 Å². The summed E-state index contributed by atoms with van der Waals surface area (Å²) >= 11 is 0. The summed E-state index contributed by atoms with van der Waals surface area (Å²) in [6, 6.07) is 2.71. The topological polar surface area (TPSA) is 81.6 Å². The van der Waals surface area contributed by atoms with Gasteiger partial charge in [-0.05, 0) is 24.6 Å². The van der Waals surface area contributed by atoms with E-state index in [-0.39, 0.29) is 17.2 Å². The predicted molar refractivity (Wildman–Crippen MR) is 93.4 cm³/mol. The Labute approximate surface area is 152 Å². The first kappa shape index (κ1) is 17.5. The number of fused-ring (bicyclic) bond motifs is 1. The van der Waals surface area contributed by atoms with Crippen molar-refractivity contribution in [1.29, 1.82) is 0 Å². The lowest BCUT2D eigenvalue weighted by Crippen LogP contribution is -2.37. The number of halogens is 3. The molecule has 4 heterocycles. The lowest BCUT2D eigenvalue weighted by molar-refractivity contribution is -0.137. The molecule has 7 nitrogen and oxygen atoms in total. The van der Waals surface area contributed by atoms with Gasteiger partial charge in [-0.15, -0.1) is 5.10 Å². The highest BCUT2D eigenvalue weighted by molar-refractivity contribution is 5.73. The van der Waals surface area contributed by atoms with Crippen molar-refractivity contribution in [2.45, 2.75) is 13.1 Å². The number of rotatable bonds is 2. The molecule has 1 saturated heterocycles. The molecule has 0 spiro atoms. The number of nitrogens with zero attached hydrogens (tertiary/aromatic N) is 5. The lowest BCUT2D eigenvalue weighted by atomic mass is 10.1. The molecule has 0 radical (unpaired) electrons. The van der Waals surface area contributed by atoms with Crippen LogP contribution in [0.15, 0.2) is 24.5 Å². The number of anilines is 2. The van der Waals surface area contributed by atoms with Crippen LogP contribution in [0, 0.1) is 6.92 Å². The minimum Gasteiger partial charge on any atom is -0.384 e. The van der Waals surface area contributed by atoms with Gasteiger partial charge in [-0.1, -0.05) is 0 Å². The summed E-state index contributed by atoms with van der Waals surface area (Å²) in [5, 5.41) is 4.29. The summed E-state index contributed by atoms with van der Waals surface area (Å²) in [6.07, 6.45) is -1.78. The van der Waals surface area contributed by atoms with E-state index in [9.17, 15) is 13.2 Å². The first-order valence-electron chi connectivity index (χ1n) is 8.36. The number of aryl methyl sites for hydroxylation is 1. The molecular weight excluding hydrogens is 361 g/mol. The molecule has 4 rings (SSSR count). The summed E-state index contributed by atoms with van der Waals surface area (Å²) < 4.78 is 47.5. The van der Waals surface area contributed by atoms with Crippen molar-refractivity contribution in [2.24, 2.45) is 0 Å².